The van der Waals surface area contributed by atoms with Crippen molar-refractivity contribution in [3.63, 3.8) is 0 Å². The third kappa shape index (κ3) is 2.82. The van der Waals surface area contributed by atoms with Gasteiger partial charge in [-0.3, -0.25) is 9.59 Å². The van der Waals surface area contributed by atoms with Gasteiger partial charge in [-0.05, 0) is 6.92 Å². The maximum atomic E-state index is 11.3. The lowest BCUT2D eigenvalue weighted by molar-refractivity contribution is 0.0984. The molecule has 1 rings (SSSR count). The van der Waals surface area contributed by atoms with Gasteiger partial charge in [-0.25, -0.2) is 0 Å². The molecule has 0 atom stereocenters. The second-order valence-corrected chi connectivity index (χ2v) is 2.93. The third-order valence-electron chi connectivity index (χ3n) is 1.83. The standard InChI is InChI=1S/C11H11O2/c1-9-4-6-10(7-5-9)11(13)3-2-8-12/h4-7H,2-3H2,1H3. The molecule has 0 aliphatic carbocycles. The van der Waals surface area contributed by atoms with Crippen molar-refractivity contribution >= 4 is 12.1 Å². The summed E-state index contributed by atoms with van der Waals surface area (Å²) >= 11 is 0. The van der Waals surface area contributed by atoms with Crippen molar-refractivity contribution < 1.29 is 9.59 Å². The van der Waals surface area contributed by atoms with Crippen LogP contribution in [0.3, 0.4) is 0 Å². The van der Waals surface area contributed by atoms with Crippen molar-refractivity contribution in [3.05, 3.63) is 35.4 Å². The van der Waals surface area contributed by atoms with E-state index in [2.05, 4.69) is 0 Å². The molecule has 1 radical (unpaired) electrons. The highest BCUT2D eigenvalue weighted by molar-refractivity contribution is 5.96. The van der Waals surface area contributed by atoms with Crippen molar-refractivity contribution in [2.24, 2.45) is 0 Å². The quantitative estimate of drug-likeness (QED) is 0.656. The number of hydrogen-bond donors (Lipinski definition) is 0. The minimum atomic E-state index is 0.00310. The Labute approximate surface area is 77.6 Å². The molecule has 0 N–H and O–H groups in total. The molecule has 0 saturated heterocycles. The summed E-state index contributed by atoms with van der Waals surface area (Å²) < 4.78 is 0. The van der Waals surface area contributed by atoms with Crippen LogP contribution in [0.5, 0.6) is 0 Å². The van der Waals surface area contributed by atoms with E-state index in [0.29, 0.717) is 5.56 Å². The van der Waals surface area contributed by atoms with Gasteiger partial charge in [-0.15, -0.1) is 0 Å². The maximum Gasteiger partial charge on any atom is 0.198 e. The molecule has 1 aromatic carbocycles. The predicted octanol–water partition coefficient (Wildman–Crippen LogP) is 2.07. The van der Waals surface area contributed by atoms with E-state index in [1.165, 1.54) is 0 Å². The van der Waals surface area contributed by atoms with E-state index in [1.54, 1.807) is 18.4 Å². The lowest BCUT2D eigenvalue weighted by atomic mass is 10.1. The number of ketones is 1. The van der Waals surface area contributed by atoms with Gasteiger partial charge in [0.25, 0.3) is 0 Å². The SMILES string of the molecule is Cc1ccc(C(=O)CC[C]=O)cc1. The van der Waals surface area contributed by atoms with Crippen LogP contribution in [0.4, 0.5) is 0 Å². The van der Waals surface area contributed by atoms with Crippen molar-refractivity contribution in [2.75, 3.05) is 0 Å². The number of hydrogen-bond acceptors (Lipinski definition) is 2. The second-order valence-electron chi connectivity index (χ2n) is 2.93. The Morgan fingerprint density at radius 3 is 2.46 bits per heavy atom. The van der Waals surface area contributed by atoms with Crippen LogP contribution < -0.4 is 0 Å². The van der Waals surface area contributed by atoms with Crippen LogP contribution in [0.1, 0.15) is 28.8 Å². The predicted molar refractivity (Wildman–Crippen MR) is 50.4 cm³/mol. The number of carbonyl (C=O) groups is 1. The first-order chi connectivity index (χ1) is 6.24. The van der Waals surface area contributed by atoms with Crippen molar-refractivity contribution in [1.29, 1.82) is 0 Å². The first-order valence-corrected chi connectivity index (χ1v) is 4.19. The van der Waals surface area contributed by atoms with Crippen LogP contribution in [-0.4, -0.2) is 12.1 Å². The van der Waals surface area contributed by atoms with Crippen LogP contribution >= 0.6 is 0 Å². The summed E-state index contributed by atoms with van der Waals surface area (Å²) in [4.78, 5) is 21.3. The van der Waals surface area contributed by atoms with Gasteiger partial charge < -0.3 is 0 Å². The molecule has 1 aromatic rings. The zero-order valence-electron chi connectivity index (χ0n) is 7.54. The molecule has 67 valence electrons. The molecule has 0 heterocycles. The fourth-order valence-electron chi connectivity index (χ4n) is 1.05. The minimum absolute atomic E-state index is 0.00310. The van der Waals surface area contributed by atoms with Crippen molar-refractivity contribution in [2.45, 2.75) is 19.8 Å². The lowest BCUT2D eigenvalue weighted by Crippen LogP contribution is -1.98. The second kappa shape index (κ2) is 4.55. The molecule has 0 aliphatic heterocycles. The smallest absolute Gasteiger partial charge is 0.198 e. The molecule has 0 aliphatic rings. The van der Waals surface area contributed by atoms with Crippen LogP contribution in [0.2, 0.25) is 0 Å². The highest BCUT2D eigenvalue weighted by Gasteiger charge is 2.03. The first-order valence-electron chi connectivity index (χ1n) is 4.19. The molecule has 0 bridgehead atoms. The third-order valence-corrected chi connectivity index (χ3v) is 1.83. The summed E-state index contributed by atoms with van der Waals surface area (Å²) in [5.74, 6) is 0.00310. The van der Waals surface area contributed by atoms with Gasteiger partial charge in [-0.1, -0.05) is 29.8 Å². The molecular weight excluding hydrogens is 164 g/mol. The Bertz CT molecular complexity index is 298. The van der Waals surface area contributed by atoms with Crippen LogP contribution in [0, 0.1) is 6.92 Å². The molecule has 2 nitrogen and oxygen atoms in total. The van der Waals surface area contributed by atoms with E-state index < -0.39 is 0 Å². The fraction of sp³-hybridized carbons (Fsp3) is 0.273. The van der Waals surface area contributed by atoms with E-state index in [0.717, 1.165) is 5.56 Å². The Balaban J connectivity index is 2.66. The van der Waals surface area contributed by atoms with Crippen molar-refractivity contribution in [3.8, 4) is 0 Å². The zero-order chi connectivity index (χ0) is 9.68. The molecule has 13 heavy (non-hydrogen) atoms. The molecule has 2 heteroatoms. The average Bonchev–Trinajstić information content (AvgIpc) is 2.15. The lowest BCUT2D eigenvalue weighted by Gasteiger charge is -1.98. The topological polar surface area (TPSA) is 34.1 Å². The number of rotatable bonds is 4. The van der Waals surface area contributed by atoms with Gasteiger partial charge in [-0.2, -0.15) is 0 Å². The average molecular weight is 175 g/mol. The Morgan fingerprint density at radius 1 is 1.31 bits per heavy atom. The van der Waals surface area contributed by atoms with Gasteiger partial charge in [0.05, 0.1) is 0 Å². The highest BCUT2D eigenvalue weighted by Crippen LogP contribution is 2.06. The molecular formula is C11H11O2. The van der Waals surface area contributed by atoms with Gasteiger partial charge in [0, 0.05) is 18.4 Å². The highest BCUT2D eigenvalue weighted by atomic mass is 16.1. The van der Waals surface area contributed by atoms with Gasteiger partial charge in [0.1, 0.15) is 0 Å². The Hall–Kier alpha value is -1.44. The summed E-state index contributed by atoms with van der Waals surface area (Å²) in [7, 11) is 0. The molecule has 0 aromatic heterocycles. The molecule has 0 unspecified atom stereocenters. The van der Waals surface area contributed by atoms with Crippen molar-refractivity contribution in [1.82, 2.24) is 0 Å². The van der Waals surface area contributed by atoms with Crippen LogP contribution in [0.15, 0.2) is 24.3 Å². The molecule has 0 fully saturated rings. The first kappa shape index (κ1) is 9.65. The van der Waals surface area contributed by atoms with Gasteiger partial charge in [0.2, 0.25) is 0 Å². The largest absolute Gasteiger partial charge is 0.294 e. The summed E-state index contributed by atoms with van der Waals surface area (Å²) in [6.45, 7) is 1.97. The van der Waals surface area contributed by atoms with Gasteiger partial charge >= 0.3 is 0 Å². The van der Waals surface area contributed by atoms with E-state index in [1.807, 2.05) is 19.1 Å². The van der Waals surface area contributed by atoms with Crippen LogP contribution in [-0.2, 0) is 4.79 Å². The Kier molecular flexibility index (Phi) is 3.38. The molecule has 0 amide bonds. The summed E-state index contributed by atoms with van der Waals surface area (Å²) in [6.07, 6.45) is 2.15. The zero-order valence-corrected chi connectivity index (χ0v) is 7.54. The van der Waals surface area contributed by atoms with E-state index in [9.17, 15) is 9.59 Å². The summed E-state index contributed by atoms with van der Waals surface area (Å²) in [5.41, 5.74) is 1.79. The molecule has 0 spiro atoms. The molecule has 0 saturated carbocycles. The van der Waals surface area contributed by atoms with E-state index >= 15 is 0 Å². The number of aryl methyl sites for hydroxylation is 1. The monoisotopic (exact) mass is 175 g/mol. The summed E-state index contributed by atoms with van der Waals surface area (Å²) in [6, 6.07) is 7.33. The Morgan fingerprint density at radius 2 is 1.92 bits per heavy atom. The number of Topliss-reactive ketones (excluding diaryl/α,β-unsaturated/α-hetero) is 1. The number of benzene rings is 1. The maximum absolute atomic E-state index is 11.3. The number of carbonyl (C=O) groups excluding carboxylic acids is 2. The minimum Gasteiger partial charge on any atom is -0.294 e. The normalized spacial score (nSPS) is 9.62. The fourth-order valence-corrected chi connectivity index (χ4v) is 1.05. The van der Waals surface area contributed by atoms with E-state index in [4.69, 9.17) is 0 Å². The van der Waals surface area contributed by atoms with E-state index in [-0.39, 0.29) is 18.6 Å². The van der Waals surface area contributed by atoms with Crippen LogP contribution in [0.25, 0.3) is 0 Å². The van der Waals surface area contributed by atoms with Gasteiger partial charge in [0.15, 0.2) is 12.1 Å². The summed E-state index contributed by atoms with van der Waals surface area (Å²) in [5, 5.41) is 0.